The molecular weight excluding hydrogens is 755 g/mol. The van der Waals surface area contributed by atoms with Gasteiger partial charge in [-0.3, -0.25) is 0 Å². The minimum Gasteiger partial charge on any atom is -0.310 e. The molecule has 0 atom stereocenters. The van der Waals surface area contributed by atoms with Gasteiger partial charge in [-0.2, -0.15) is 0 Å². The number of fused-ring (bicyclic) bond motifs is 7. The molecule has 12 rings (SSSR count). The molecule has 10 aromatic carbocycles. The number of benzene rings is 10. The van der Waals surface area contributed by atoms with Crippen LogP contribution in [0.4, 0.5) is 17.1 Å². The summed E-state index contributed by atoms with van der Waals surface area (Å²) < 4.78 is 2.39. The molecule has 5 nitrogen and oxygen atoms in total. The molecule has 0 radical (unpaired) electrons. The molecule has 0 unspecified atom stereocenters. The maximum Gasteiger partial charge on any atom is 0.164 e. The Labute approximate surface area is 358 Å². The second-order valence-corrected chi connectivity index (χ2v) is 15.7. The van der Waals surface area contributed by atoms with Crippen molar-refractivity contribution in [1.29, 1.82) is 0 Å². The highest BCUT2D eigenvalue weighted by Gasteiger charge is 2.23. The van der Waals surface area contributed by atoms with E-state index in [0.29, 0.717) is 17.5 Å². The predicted octanol–water partition coefficient (Wildman–Crippen LogP) is 14.9. The van der Waals surface area contributed by atoms with E-state index >= 15 is 0 Å². The predicted molar refractivity (Wildman–Crippen MR) is 258 cm³/mol. The van der Waals surface area contributed by atoms with Crippen LogP contribution in [0.25, 0.3) is 94.0 Å². The molecule has 0 aliphatic carbocycles. The van der Waals surface area contributed by atoms with Gasteiger partial charge in [-0.15, -0.1) is 0 Å². The summed E-state index contributed by atoms with van der Waals surface area (Å²) in [6.07, 6.45) is 0. The van der Waals surface area contributed by atoms with Crippen molar-refractivity contribution in [3.8, 4) is 39.9 Å². The zero-order chi connectivity index (χ0) is 41.0. The monoisotopic (exact) mass is 791 g/mol. The number of hydrogen-bond donors (Lipinski definition) is 0. The quantitative estimate of drug-likeness (QED) is 0.161. The van der Waals surface area contributed by atoms with Gasteiger partial charge in [0.05, 0.1) is 11.0 Å². The second-order valence-electron chi connectivity index (χ2n) is 15.7. The number of anilines is 3. The Morgan fingerprint density at radius 3 is 1.39 bits per heavy atom. The van der Waals surface area contributed by atoms with Gasteiger partial charge in [0.2, 0.25) is 0 Å². The van der Waals surface area contributed by atoms with Crippen LogP contribution < -0.4 is 4.90 Å². The van der Waals surface area contributed by atoms with Crippen molar-refractivity contribution >= 4 is 71.2 Å². The molecule has 0 aliphatic heterocycles. The summed E-state index contributed by atoms with van der Waals surface area (Å²) in [4.78, 5) is 17.9. The molecule has 0 amide bonds. The van der Waals surface area contributed by atoms with E-state index in [4.69, 9.17) is 15.0 Å². The lowest BCUT2D eigenvalue weighted by atomic mass is 9.98. The Bertz CT molecular complexity index is 3500. The van der Waals surface area contributed by atoms with Crippen LogP contribution in [0.15, 0.2) is 224 Å². The molecule has 290 valence electrons. The van der Waals surface area contributed by atoms with Gasteiger partial charge in [-0.25, -0.2) is 15.0 Å². The second kappa shape index (κ2) is 14.7. The number of hydrogen-bond acceptors (Lipinski definition) is 4. The molecule has 0 saturated carbocycles. The summed E-state index contributed by atoms with van der Waals surface area (Å²) >= 11 is 0. The SMILES string of the molecule is c1ccc(-c2nc(-c3ccccc3)nc(-c3cc4c(c5ccccc35)c3cc(N(c5ccc6ccccc6c5)c5ccc6ccccc6c5)ccc3n4-c3ccccc3)n2)cc1. The molecule has 2 heterocycles. The van der Waals surface area contributed by atoms with Crippen LogP contribution in [-0.4, -0.2) is 19.5 Å². The van der Waals surface area contributed by atoms with Gasteiger partial charge >= 0.3 is 0 Å². The number of para-hydroxylation sites is 1. The Morgan fingerprint density at radius 2 is 0.790 bits per heavy atom. The molecule has 0 aliphatic rings. The molecule has 0 spiro atoms. The molecule has 0 saturated heterocycles. The fourth-order valence-corrected chi connectivity index (χ4v) is 9.06. The zero-order valence-corrected chi connectivity index (χ0v) is 33.6. The highest BCUT2D eigenvalue weighted by Crippen LogP contribution is 2.45. The molecule has 0 N–H and O–H groups in total. The van der Waals surface area contributed by atoms with E-state index in [1.54, 1.807) is 0 Å². The Kier molecular flexibility index (Phi) is 8.42. The van der Waals surface area contributed by atoms with Gasteiger partial charge in [0.25, 0.3) is 0 Å². The topological polar surface area (TPSA) is 46.8 Å². The average Bonchev–Trinajstić information content (AvgIpc) is 3.68. The molecule has 5 heteroatoms. The van der Waals surface area contributed by atoms with Crippen LogP contribution in [0.1, 0.15) is 0 Å². The minimum atomic E-state index is 0.625. The summed E-state index contributed by atoms with van der Waals surface area (Å²) in [6, 6.07) is 79.5. The standard InChI is InChI=1S/C57H37N5/c1-4-18-40(19-5-1)55-58-56(41-20-6-2-7-21-41)60-57(59-55)50-37-53-54(49-27-15-14-26-48(49)50)51-36-47(32-33-52(51)62(53)44-24-8-3-9-25-44)61(45-30-28-38-16-10-12-22-42(38)34-45)46-31-29-39-17-11-13-23-43(39)35-46/h1-37H. The van der Waals surface area contributed by atoms with Gasteiger partial charge < -0.3 is 9.47 Å². The summed E-state index contributed by atoms with van der Waals surface area (Å²) in [5.41, 5.74) is 9.33. The van der Waals surface area contributed by atoms with Gasteiger partial charge in [0.1, 0.15) is 0 Å². The van der Waals surface area contributed by atoms with E-state index < -0.39 is 0 Å². The van der Waals surface area contributed by atoms with Crippen molar-refractivity contribution in [2.75, 3.05) is 4.90 Å². The molecule has 62 heavy (non-hydrogen) atoms. The summed E-state index contributed by atoms with van der Waals surface area (Å²) in [5.74, 6) is 1.89. The van der Waals surface area contributed by atoms with E-state index in [0.717, 1.165) is 66.6 Å². The Hall–Kier alpha value is -8.41. The lowest BCUT2D eigenvalue weighted by Crippen LogP contribution is -2.10. The molecule has 0 fully saturated rings. The number of aromatic nitrogens is 4. The Balaban J connectivity index is 1.14. The van der Waals surface area contributed by atoms with Crippen molar-refractivity contribution in [3.63, 3.8) is 0 Å². The van der Waals surface area contributed by atoms with Crippen LogP contribution in [0.5, 0.6) is 0 Å². The van der Waals surface area contributed by atoms with Crippen molar-refractivity contribution in [3.05, 3.63) is 224 Å². The van der Waals surface area contributed by atoms with E-state index in [2.05, 4.69) is 198 Å². The fourth-order valence-electron chi connectivity index (χ4n) is 9.06. The smallest absolute Gasteiger partial charge is 0.164 e. The number of rotatable bonds is 7. The van der Waals surface area contributed by atoms with Gasteiger partial charge in [-0.1, -0.05) is 164 Å². The van der Waals surface area contributed by atoms with Crippen LogP contribution in [0, 0.1) is 0 Å². The lowest BCUT2D eigenvalue weighted by molar-refractivity contribution is 1.08. The third-order valence-corrected chi connectivity index (χ3v) is 12.0. The maximum atomic E-state index is 5.22. The van der Waals surface area contributed by atoms with Crippen LogP contribution in [-0.2, 0) is 0 Å². The van der Waals surface area contributed by atoms with Crippen LogP contribution in [0.3, 0.4) is 0 Å². The third kappa shape index (κ3) is 6.06. The molecule has 12 aromatic rings. The summed E-state index contributed by atoms with van der Waals surface area (Å²) in [6.45, 7) is 0. The van der Waals surface area contributed by atoms with E-state index in [1.165, 1.54) is 26.9 Å². The first-order chi connectivity index (χ1) is 30.7. The van der Waals surface area contributed by atoms with E-state index in [-0.39, 0.29) is 0 Å². The molecule has 0 bridgehead atoms. The molecular formula is C57H37N5. The minimum absolute atomic E-state index is 0.625. The zero-order valence-electron chi connectivity index (χ0n) is 33.6. The van der Waals surface area contributed by atoms with Gasteiger partial charge in [-0.05, 0) is 93.0 Å². The molecule has 2 aromatic heterocycles. The van der Waals surface area contributed by atoms with Crippen molar-refractivity contribution < 1.29 is 0 Å². The first kappa shape index (κ1) is 35.5. The first-order valence-corrected chi connectivity index (χ1v) is 20.9. The Morgan fingerprint density at radius 1 is 0.323 bits per heavy atom. The third-order valence-electron chi connectivity index (χ3n) is 12.0. The van der Waals surface area contributed by atoms with E-state index in [9.17, 15) is 0 Å². The van der Waals surface area contributed by atoms with Crippen LogP contribution in [0.2, 0.25) is 0 Å². The van der Waals surface area contributed by atoms with E-state index in [1.807, 2.05) is 36.4 Å². The van der Waals surface area contributed by atoms with Crippen molar-refractivity contribution in [1.82, 2.24) is 19.5 Å². The van der Waals surface area contributed by atoms with Gasteiger partial charge in [0, 0.05) is 50.2 Å². The highest BCUT2D eigenvalue weighted by molar-refractivity contribution is 6.24. The number of nitrogens with zero attached hydrogens (tertiary/aromatic N) is 5. The maximum absolute atomic E-state index is 5.22. The van der Waals surface area contributed by atoms with Gasteiger partial charge in [0.15, 0.2) is 17.5 Å². The lowest BCUT2D eigenvalue weighted by Gasteiger charge is -2.26. The normalized spacial score (nSPS) is 11.5. The first-order valence-electron chi connectivity index (χ1n) is 20.9. The highest BCUT2D eigenvalue weighted by atomic mass is 15.1. The largest absolute Gasteiger partial charge is 0.310 e. The van der Waals surface area contributed by atoms with Crippen molar-refractivity contribution in [2.24, 2.45) is 0 Å². The van der Waals surface area contributed by atoms with Crippen LogP contribution >= 0.6 is 0 Å². The average molecular weight is 792 g/mol. The van der Waals surface area contributed by atoms with Crippen molar-refractivity contribution in [2.45, 2.75) is 0 Å². The fraction of sp³-hybridized carbons (Fsp3) is 0. The summed E-state index contributed by atoms with van der Waals surface area (Å²) in [7, 11) is 0. The summed E-state index contributed by atoms with van der Waals surface area (Å²) in [5, 5.41) is 9.33.